The summed E-state index contributed by atoms with van der Waals surface area (Å²) >= 11 is 0. The van der Waals surface area contributed by atoms with Crippen LogP contribution in [0.2, 0.25) is 0 Å². The van der Waals surface area contributed by atoms with Crippen LogP contribution in [0.25, 0.3) is 0 Å². The predicted molar refractivity (Wildman–Crippen MR) is 327 cm³/mol. The Labute approximate surface area is 459 Å². The van der Waals surface area contributed by atoms with Gasteiger partial charge in [-0.3, -0.25) is 4.79 Å². The maximum absolute atomic E-state index is 12.5. The van der Waals surface area contributed by atoms with Gasteiger partial charge in [-0.1, -0.05) is 359 Å². The van der Waals surface area contributed by atoms with Gasteiger partial charge in [0.2, 0.25) is 5.91 Å². The van der Waals surface area contributed by atoms with Crippen LogP contribution in [-0.2, 0) is 4.79 Å². The van der Waals surface area contributed by atoms with Gasteiger partial charge in [0.1, 0.15) is 0 Å². The van der Waals surface area contributed by atoms with Crippen molar-refractivity contribution in [1.82, 2.24) is 5.32 Å². The van der Waals surface area contributed by atoms with Crippen LogP contribution in [0.15, 0.2) is 36.5 Å². The maximum Gasteiger partial charge on any atom is 0.220 e. The number of unbranched alkanes of at least 4 members (excludes halogenated alkanes) is 50. The van der Waals surface area contributed by atoms with E-state index in [2.05, 4.69) is 55.6 Å². The van der Waals surface area contributed by atoms with E-state index in [9.17, 15) is 15.0 Å². The highest BCUT2D eigenvalue weighted by molar-refractivity contribution is 5.76. The third kappa shape index (κ3) is 61.3. The van der Waals surface area contributed by atoms with Crippen molar-refractivity contribution in [2.24, 2.45) is 0 Å². The molecular weight excluding hydrogens is 891 g/mol. The lowest BCUT2D eigenvalue weighted by Crippen LogP contribution is -2.45. The second-order valence-electron chi connectivity index (χ2n) is 23.2. The Kier molecular flexibility index (Phi) is 63.7. The highest BCUT2D eigenvalue weighted by Gasteiger charge is 2.20. The van der Waals surface area contributed by atoms with Crippen molar-refractivity contribution in [3.05, 3.63) is 36.5 Å². The third-order valence-corrected chi connectivity index (χ3v) is 15.9. The molecule has 0 fully saturated rings. The molecule has 4 heteroatoms. The zero-order valence-corrected chi connectivity index (χ0v) is 49.9. The average molecular weight is 1020 g/mol. The Bertz CT molecular complexity index is 1110. The second-order valence-corrected chi connectivity index (χ2v) is 23.2. The van der Waals surface area contributed by atoms with Crippen molar-refractivity contribution < 1.29 is 15.0 Å². The molecule has 1 amide bonds. The minimum atomic E-state index is -0.662. The van der Waals surface area contributed by atoms with Crippen LogP contribution in [0, 0.1) is 0 Å². The van der Waals surface area contributed by atoms with E-state index in [1.165, 1.54) is 315 Å². The number of aliphatic hydroxyl groups excluding tert-OH is 2. The molecule has 2 unspecified atom stereocenters. The summed E-state index contributed by atoms with van der Waals surface area (Å²) in [6.07, 6.45) is 89.0. The fourth-order valence-electron chi connectivity index (χ4n) is 10.8. The highest BCUT2D eigenvalue weighted by atomic mass is 16.3. The van der Waals surface area contributed by atoms with Crippen LogP contribution in [0.1, 0.15) is 380 Å². The summed E-state index contributed by atoms with van der Waals surface area (Å²) in [5.74, 6) is -0.0261. The minimum absolute atomic E-state index is 0.0261. The molecule has 4 nitrogen and oxygen atoms in total. The van der Waals surface area contributed by atoms with E-state index in [-0.39, 0.29) is 12.5 Å². The Morgan fingerprint density at radius 3 is 0.836 bits per heavy atom. The lowest BCUT2D eigenvalue weighted by Gasteiger charge is -2.22. The van der Waals surface area contributed by atoms with E-state index in [0.717, 1.165) is 38.5 Å². The molecule has 0 aliphatic rings. The van der Waals surface area contributed by atoms with Crippen LogP contribution >= 0.6 is 0 Å². The molecule has 0 aromatic carbocycles. The number of carbonyl (C=O) groups excluding carboxylic acids is 1. The zero-order valence-electron chi connectivity index (χ0n) is 49.9. The first-order valence-corrected chi connectivity index (χ1v) is 33.7. The quantitative estimate of drug-likeness (QED) is 0.0420. The van der Waals surface area contributed by atoms with Gasteiger partial charge < -0.3 is 15.5 Å². The molecule has 432 valence electrons. The number of hydrogen-bond acceptors (Lipinski definition) is 3. The van der Waals surface area contributed by atoms with Gasteiger partial charge in [-0.2, -0.15) is 0 Å². The van der Waals surface area contributed by atoms with Crippen molar-refractivity contribution in [1.29, 1.82) is 0 Å². The van der Waals surface area contributed by atoms with Gasteiger partial charge in [-0.25, -0.2) is 0 Å². The van der Waals surface area contributed by atoms with E-state index in [0.29, 0.717) is 12.8 Å². The van der Waals surface area contributed by atoms with Gasteiger partial charge in [0.15, 0.2) is 0 Å². The molecule has 0 spiro atoms. The van der Waals surface area contributed by atoms with Gasteiger partial charge in [-0.15, -0.1) is 0 Å². The molecule has 2 atom stereocenters. The Morgan fingerprint density at radius 1 is 0.329 bits per heavy atom. The summed E-state index contributed by atoms with van der Waals surface area (Å²) in [5.41, 5.74) is 0. The first-order valence-electron chi connectivity index (χ1n) is 33.7. The molecule has 3 N–H and O–H groups in total. The summed E-state index contributed by atoms with van der Waals surface area (Å²) in [4.78, 5) is 12.5. The second kappa shape index (κ2) is 64.9. The molecule has 0 aliphatic heterocycles. The van der Waals surface area contributed by atoms with E-state index < -0.39 is 12.1 Å². The van der Waals surface area contributed by atoms with E-state index >= 15 is 0 Å². The molecule has 0 aromatic heterocycles. The van der Waals surface area contributed by atoms with Gasteiger partial charge >= 0.3 is 0 Å². The number of allylic oxidation sites excluding steroid dienone is 6. The molecule has 0 radical (unpaired) electrons. The fourth-order valence-corrected chi connectivity index (χ4v) is 10.8. The topological polar surface area (TPSA) is 69.6 Å². The molecule has 73 heavy (non-hydrogen) atoms. The third-order valence-electron chi connectivity index (χ3n) is 15.9. The number of amides is 1. The van der Waals surface area contributed by atoms with Crippen molar-refractivity contribution in [3.63, 3.8) is 0 Å². The van der Waals surface area contributed by atoms with Gasteiger partial charge in [-0.05, 0) is 51.4 Å². The van der Waals surface area contributed by atoms with Crippen LogP contribution in [0.4, 0.5) is 0 Å². The van der Waals surface area contributed by atoms with Gasteiger partial charge in [0.25, 0.3) is 0 Å². The predicted octanol–water partition coefficient (Wildman–Crippen LogP) is 22.8. The number of carbonyl (C=O) groups is 1. The lowest BCUT2D eigenvalue weighted by atomic mass is 10.0. The van der Waals surface area contributed by atoms with E-state index in [4.69, 9.17) is 0 Å². The smallest absolute Gasteiger partial charge is 0.220 e. The van der Waals surface area contributed by atoms with Crippen molar-refractivity contribution in [3.8, 4) is 0 Å². The van der Waals surface area contributed by atoms with Crippen LogP contribution < -0.4 is 5.32 Å². The first kappa shape index (κ1) is 71.6. The summed E-state index contributed by atoms with van der Waals surface area (Å²) in [5, 5.41) is 23.5. The molecule has 0 rings (SSSR count). The Balaban J connectivity index is 3.41. The van der Waals surface area contributed by atoms with Gasteiger partial charge in [0.05, 0.1) is 18.8 Å². The summed E-state index contributed by atoms with van der Waals surface area (Å²) in [6.45, 7) is 4.39. The zero-order chi connectivity index (χ0) is 52.7. The summed E-state index contributed by atoms with van der Waals surface area (Å²) < 4.78 is 0. The van der Waals surface area contributed by atoms with Crippen LogP contribution in [0.5, 0.6) is 0 Å². The number of rotatable bonds is 63. The Hall–Kier alpha value is -1.39. The molecule has 0 saturated heterocycles. The molecule has 0 heterocycles. The molecule has 0 aliphatic carbocycles. The Morgan fingerprint density at radius 2 is 0.562 bits per heavy atom. The number of aliphatic hydroxyl groups is 2. The molecule has 0 bridgehead atoms. The summed E-state index contributed by atoms with van der Waals surface area (Å²) in [7, 11) is 0. The highest BCUT2D eigenvalue weighted by Crippen LogP contribution is 2.19. The maximum atomic E-state index is 12.5. The molecule has 0 aromatic rings. The lowest BCUT2D eigenvalue weighted by molar-refractivity contribution is -0.123. The molecular formula is C69H133NO3. The minimum Gasteiger partial charge on any atom is -0.394 e. The summed E-state index contributed by atoms with van der Waals surface area (Å²) in [6, 6.07) is -0.538. The van der Waals surface area contributed by atoms with Crippen molar-refractivity contribution in [2.45, 2.75) is 392 Å². The largest absolute Gasteiger partial charge is 0.394 e. The average Bonchev–Trinajstić information content (AvgIpc) is 3.40. The SMILES string of the molecule is CCCCCCC/C=C\C/C=C\C/C=C\CCCCCCCCCCCCCCCCC(=O)NC(CO)C(O)CCCCCCCCCCCCCCCCCCCCCCCCCCCCCCCCCC. The number of hydrogen-bond donors (Lipinski definition) is 3. The standard InChI is InChI=1S/C69H133NO3/c1-3-5-7-9-11-13-15-17-19-21-23-25-27-29-31-33-34-35-37-38-40-42-44-46-48-50-52-54-56-58-60-62-64-68(72)67(66-71)70-69(73)65-63-61-59-57-55-53-51-49-47-45-43-41-39-36-32-30-28-26-24-22-20-18-16-14-12-10-8-6-4-2/h16,18,22,24,28,30,67-68,71-72H,3-15,17,19-21,23,25-27,29,31-66H2,1-2H3,(H,70,73)/b18-16-,24-22-,30-28-. The monoisotopic (exact) mass is 1020 g/mol. The van der Waals surface area contributed by atoms with E-state index in [1.807, 2.05) is 0 Å². The van der Waals surface area contributed by atoms with Crippen LogP contribution in [-0.4, -0.2) is 34.9 Å². The van der Waals surface area contributed by atoms with E-state index in [1.54, 1.807) is 0 Å². The fraction of sp³-hybridized carbons (Fsp3) is 0.899. The van der Waals surface area contributed by atoms with Crippen molar-refractivity contribution in [2.75, 3.05) is 6.61 Å². The van der Waals surface area contributed by atoms with Crippen LogP contribution in [0.3, 0.4) is 0 Å². The molecule has 0 saturated carbocycles. The first-order chi connectivity index (χ1) is 36.2. The number of nitrogens with one attached hydrogen (secondary N) is 1. The van der Waals surface area contributed by atoms with Gasteiger partial charge in [0, 0.05) is 6.42 Å². The normalized spacial score (nSPS) is 12.9. The van der Waals surface area contributed by atoms with Crippen molar-refractivity contribution >= 4 is 5.91 Å².